The van der Waals surface area contributed by atoms with Gasteiger partial charge in [0.15, 0.2) is 0 Å². The summed E-state index contributed by atoms with van der Waals surface area (Å²) in [4.78, 5) is 1.39. The van der Waals surface area contributed by atoms with Crippen LogP contribution in [-0.4, -0.2) is 23.8 Å². The van der Waals surface area contributed by atoms with Crippen LogP contribution in [0.1, 0.15) is 12.5 Å². The molecule has 16 heavy (non-hydrogen) atoms. The Morgan fingerprint density at radius 3 is 3.00 bits per heavy atom. The van der Waals surface area contributed by atoms with Gasteiger partial charge in [0.05, 0.1) is 0 Å². The van der Waals surface area contributed by atoms with Gasteiger partial charge in [-0.15, -0.1) is 11.8 Å². The molecule has 0 saturated carbocycles. The van der Waals surface area contributed by atoms with Gasteiger partial charge in [-0.25, -0.2) is 0 Å². The van der Waals surface area contributed by atoms with E-state index in [1.54, 1.807) is 0 Å². The SMILES string of the molecule is CCSc1cccc(CNCC2CSC2)c1. The van der Waals surface area contributed by atoms with Crippen LogP contribution in [0.4, 0.5) is 0 Å². The molecule has 0 radical (unpaired) electrons. The van der Waals surface area contributed by atoms with Crippen molar-refractivity contribution in [3.05, 3.63) is 29.8 Å². The summed E-state index contributed by atoms with van der Waals surface area (Å²) in [5.74, 6) is 4.76. The Morgan fingerprint density at radius 1 is 1.44 bits per heavy atom. The molecule has 0 aromatic heterocycles. The third-order valence-corrected chi connectivity index (χ3v) is 4.97. The topological polar surface area (TPSA) is 12.0 Å². The maximum absolute atomic E-state index is 3.55. The van der Waals surface area contributed by atoms with Crippen LogP contribution in [0.3, 0.4) is 0 Å². The zero-order valence-corrected chi connectivity index (χ0v) is 11.4. The van der Waals surface area contributed by atoms with Gasteiger partial charge in [0, 0.05) is 11.4 Å². The van der Waals surface area contributed by atoms with Gasteiger partial charge >= 0.3 is 0 Å². The zero-order chi connectivity index (χ0) is 11.2. The van der Waals surface area contributed by atoms with Crippen LogP contribution in [0, 0.1) is 5.92 Å². The molecule has 0 aliphatic carbocycles. The Kier molecular flexibility index (Phi) is 5.07. The lowest BCUT2D eigenvalue weighted by Crippen LogP contribution is -2.30. The fourth-order valence-corrected chi connectivity index (χ4v) is 3.28. The molecular formula is C13H19NS2. The average molecular weight is 253 g/mol. The van der Waals surface area contributed by atoms with Gasteiger partial charge in [0.1, 0.15) is 0 Å². The van der Waals surface area contributed by atoms with E-state index in [1.165, 1.54) is 28.5 Å². The minimum absolute atomic E-state index is 0.915. The maximum Gasteiger partial charge on any atom is 0.0206 e. The third kappa shape index (κ3) is 3.72. The Balaban J connectivity index is 1.76. The van der Waals surface area contributed by atoms with Gasteiger partial charge in [-0.05, 0) is 47.4 Å². The molecule has 2 rings (SSSR count). The average Bonchev–Trinajstić information content (AvgIpc) is 2.23. The highest BCUT2D eigenvalue weighted by Gasteiger charge is 2.16. The number of hydrogen-bond acceptors (Lipinski definition) is 3. The molecule has 1 nitrogen and oxygen atoms in total. The first-order chi connectivity index (χ1) is 7.88. The summed E-state index contributed by atoms with van der Waals surface area (Å²) in [7, 11) is 0. The standard InChI is InChI=1S/C13H19NS2/c1-2-16-13-5-3-4-11(6-13)7-14-8-12-9-15-10-12/h3-6,12,14H,2,7-10H2,1H3. The van der Waals surface area contributed by atoms with Gasteiger partial charge in [-0.3, -0.25) is 0 Å². The minimum Gasteiger partial charge on any atom is -0.312 e. The fraction of sp³-hybridized carbons (Fsp3) is 0.538. The molecule has 1 heterocycles. The molecule has 0 bridgehead atoms. The molecule has 0 spiro atoms. The fourth-order valence-electron chi connectivity index (χ4n) is 1.73. The summed E-state index contributed by atoms with van der Waals surface area (Å²) in [5.41, 5.74) is 1.41. The maximum atomic E-state index is 3.55. The number of benzene rings is 1. The smallest absolute Gasteiger partial charge is 0.0206 e. The molecule has 1 aliphatic heterocycles. The predicted molar refractivity (Wildman–Crippen MR) is 75.4 cm³/mol. The molecule has 0 atom stereocenters. The molecule has 88 valence electrons. The second kappa shape index (κ2) is 6.58. The van der Waals surface area contributed by atoms with Crippen molar-refractivity contribution >= 4 is 23.5 Å². The molecule has 0 amide bonds. The van der Waals surface area contributed by atoms with Crippen LogP contribution in [-0.2, 0) is 6.54 Å². The monoisotopic (exact) mass is 253 g/mol. The Bertz CT molecular complexity index is 323. The molecule has 1 aromatic rings. The van der Waals surface area contributed by atoms with Crippen molar-refractivity contribution in [3.63, 3.8) is 0 Å². The van der Waals surface area contributed by atoms with E-state index < -0.39 is 0 Å². The lowest BCUT2D eigenvalue weighted by Gasteiger charge is -2.25. The van der Waals surface area contributed by atoms with Crippen LogP contribution in [0.2, 0.25) is 0 Å². The number of thioether (sulfide) groups is 2. The molecule has 3 heteroatoms. The summed E-state index contributed by atoms with van der Waals surface area (Å²) in [6.45, 7) is 4.39. The van der Waals surface area contributed by atoms with Crippen molar-refractivity contribution in [3.8, 4) is 0 Å². The van der Waals surface area contributed by atoms with E-state index in [9.17, 15) is 0 Å². The molecule has 1 saturated heterocycles. The largest absolute Gasteiger partial charge is 0.312 e. The molecule has 0 unspecified atom stereocenters. The van der Waals surface area contributed by atoms with Gasteiger partial charge in [-0.1, -0.05) is 19.1 Å². The van der Waals surface area contributed by atoms with Gasteiger partial charge in [0.2, 0.25) is 0 Å². The second-order valence-corrected chi connectivity index (χ2v) is 6.53. The van der Waals surface area contributed by atoms with E-state index in [2.05, 4.69) is 48.3 Å². The van der Waals surface area contributed by atoms with E-state index in [4.69, 9.17) is 0 Å². The van der Waals surface area contributed by atoms with Crippen molar-refractivity contribution in [2.45, 2.75) is 18.4 Å². The highest BCUT2D eigenvalue weighted by molar-refractivity contribution is 8.00. The first kappa shape index (κ1) is 12.3. The van der Waals surface area contributed by atoms with Gasteiger partial charge in [-0.2, -0.15) is 11.8 Å². The first-order valence-corrected chi connectivity index (χ1v) is 8.02. The van der Waals surface area contributed by atoms with Crippen LogP contribution in [0.25, 0.3) is 0 Å². The molecule has 1 aliphatic rings. The van der Waals surface area contributed by atoms with Crippen molar-refractivity contribution < 1.29 is 0 Å². The van der Waals surface area contributed by atoms with Crippen LogP contribution >= 0.6 is 23.5 Å². The van der Waals surface area contributed by atoms with Crippen molar-refractivity contribution in [1.82, 2.24) is 5.32 Å². The zero-order valence-electron chi connectivity index (χ0n) is 9.74. The number of rotatable bonds is 6. The third-order valence-electron chi connectivity index (χ3n) is 2.68. The van der Waals surface area contributed by atoms with E-state index in [0.717, 1.165) is 18.2 Å². The predicted octanol–water partition coefficient (Wildman–Crippen LogP) is 3.25. The van der Waals surface area contributed by atoms with Gasteiger partial charge < -0.3 is 5.32 Å². The summed E-state index contributed by atoms with van der Waals surface area (Å²) >= 11 is 3.97. The van der Waals surface area contributed by atoms with Crippen LogP contribution < -0.4 is 5.32 Å². The van der Waals surface area contributed by atoms with Gasteiger partial charge in [0.25, 0.3) is 0 Å². The number of nitrogens with one attached hydrogen (secondary N) is 1. The Labute approximate surface area is 107 Å². The Morgan fingerprint density at radius 2 is 2.31 bits per heavy atom. The summed E-state index contributed by atoms with van der Waals surface area (Å²) in [5, 5.41) is 3.55. The quantitative estimate of drug-likeness (QED) is 0.782. The van der Waals surface area contributed by atoms with Crippen molar-refractivity contribution in [2.24, 2.45) is 5.92 Å². The minimum atomic E-state index is 0.915. The highest BCUT2D eigenvalue weighted by Crippen LogP contribution is 2.23. The first-order valence-electron chi connectivity index (χ1n) is 5.88. The molecule has 1 N–H and O–H groups in total. The van der Waals surface area contributed by atoms with Crippen LogP contribution in [0.15, 0.2) is 29.2 Å². The van der Waals surface area contributed by atoms with E-state index in [1.807, 2.05) is 11.8 Å². The lowest BCUT2D eigenvalue weighted by molar-refractivity contribution is 0.547. The Hall–Kier alpha value is -0.120. The second-order valence-electron chi connectivity index (χ2n) is 4.11. The summed E-state index contributed by atoms with van der Waals surface area (Å²) in [6.07, 6.45) is 0. The molecular weight excluding hydrogens is 234 g/mol. The molecule has 1 fully saturated rings. The normalized spacial score (nSPS) is 16.1. The number of hydrogen-bond donors (Lipinski definition) is 1. The van der Waals surface area contributed by atoms with Crippen molar-refractivity contribution in [1.29, 1.82) is 0 Å². The highest BCUT2D eigenvalue weighted by atomic mass is 32.2. The molecule has 1 aromatic carbocycles. The van der Waals surface area contributed by atoms with Crippen LogP contribution in [0.5, 0.6) is 0 Å². The lowest BCUT2D eigenvalue weighted by atomic mass is 10.2. The summed E-state index contributed by atoms with van der Waals surface area (Å²) < 4.78 is 0. The van der Waals surface area contributed by atoms with E-state index in [0.29, 0.717) is 0 Å². The van der Waals surface area contributed by atoms with Crippen molar-refractivity contribution in [2.75, 3.05) is 23.8 Å². The van der Waals surface area contributed by atoms with E-state index >= 15 is 0 Å². The van der Waals surface area contributed by atoms with E-state index in [-0.39, 0.29) is 0 Å². The summed E-state index contributed by atoms with van der Waals surface area (Å²) in [6, 6.07) is 8.87.